The highest BCUT2D eigenvalue weighted by Crippen LogP contribution is 2.20. The van der Waals surface area contributed by atoms with Gasteiger partial charge in [-0.25, -0.2) is 0 Å². The number of hydrogen-bond acceptors (Lipinski definition) is 4. The smallest absolute Gasteiger partial charge is 0.292 e. The Morgan fingerprint density at radius 3 is 2.63 bits per heavy atom. The lowest BCUT2D eigenvalue weighted by atomic mass is 10.0. The van der Waals surface area contributed by atoms with Gasteiger partial charge in [0.1, 0.15) is 18.4 Å². The largest absolute Gasteiger partial charge is 0.307 e. The van der Waals surface area contributed by atoms with E-state index < -0.39 is 11.0 Å². The number of nitro groups is 1. The monoisotopic (exact) mass is 259 g/mol. The molecule has 0 radical (unpaired) electrons. The van der Waals surface area contributed by atoms with Gasteiger partial charge in [-0.2, -0.15) is 5.10 Å². The topological polar surface area (TPSA) is 78.0 Å². The molecule has 1 unspecified atom stereocenters. The van der Waals surface area contributed by atoms with Gasteiger partial charge in [-0.05, 0) is 6.42 Å². The molecule has 1 aromatic heterocycles. The van der Waals surface area contributed by atoms with Crippen LogP contribution in [0, 0.1) is 10.1 Å². The van der Waals surface area contributed by atoms with E-state index in [0.717, 1.165) is 6.20 Å². The second-order valence-corrected chi connectivity index (χ2v) is 4.09. The Bertz CT molecular complexity index is 592. The van der Waals surface area contributed by atoms with Gasteiger partial charge in [0.2, 0.25) is 0 Å². The normalized spacial score (nSPS) is 12.1. The summed E-state index contributed by atoms with van der Waals surface area (Å²) >= 11 is 0. The van der Waals surface area contributed by atoms with Crippen LogP contribution < -0.4 is 0 Å². The van der Waals surface area contributed by atoms with Crippen molar-refractivity contribution in [1.29, 1.82) is 0 Å². The fourth-order valence-corrected chi connectivity index (χ4v) is 1.88. The predicted octanol–water partition coefficient (Wildman–Crippen LogP) is 2.63. The number of carbonyl (C=O) groups excluding carboxylic acids is 1. The molecule has 98 valence electrons. The lowest BCUT2D eigenvalue weighted by Crippen LogP contribution is -2.19. The lowest BCUT2D eigenvalue weighted by molar-refractivity contribution is -0.385. The maximum Gasteiger partial charge on any atom is 0.307 e. The molecule has 0 fully saturated rings. The van der Waals surface area contributed by atoms with Gasteiger partial charge in [0.25, 0.3) is 0 Å². The Kier molecular flexibility index (Phi) is 3.70. The van der Waals surface area contributed by atoms with E-state index in [4.69, 9.17) is 0 Å². The van der Waals surface area contributed by atoms with Crippen molar-refractivity contribution in [1.82, 2.24) is 9.78 Å². The van der Waals surface area contributed by atoms with Crippen molar-refractivity contribution in [3.8, 4) is 0 Å². The molecule has 1 aromatic carbocycles. The van der Waals surface area contributed by atoms with Crippen molar-refractivity contribution in [2.24, 2.45) is 0 Å². The fourth-order valence-electron chi connectivity index (χ4n) is 1.88. The summed E-state index contributed by atoms with van der Waals surface area (Å²) < 4.78 is 1.35. The van der Waals surface area contributed by atoms with Crippen molar-refractivity contribution >= 4 is 11.5 Å². The molecule has 1 atom stereocenters. The Hall–Kier alpha value is -2.50. The molecule has 2 aromatic rings. The summed E-state index contributed by atoms with van der Waals surface area (Å²) in [6.45, 7) is 1.85. The zero-order valence-corrected chi connectivity index (χ0v) is 10.4. The van der Waals surface area contributed by atoms with Gasteiger partial charge < -0.3 is 0 Å². The number of carbonyl (C=O) groups is 1. The highest BCUT2D eigenvalue weighted by Gasteiger charge is 2.22. The van der Waals surface area contributed by atoms with Crippen LogP contribution in [0.3, 0.4) is 0 Å². The number of nitrogens with zero attached hydrogens (tertiary/aromatic N) is 3. The summed E-state index contributed by atoms with van der Waals surface area (Å²) in [5, 5.41) is 14.5. The molecular formula is C13H13N3O3. The number of hydrogen-bond donors (Lipinski definition) is 0. The van der Waals surface area contributed by atoms with Crippen molar-refractivity contribution in [3.05, 3.63) is 58.4 Å². The third-order valence-electron chi connectivity index (χ3n) is 2.87. The average molecular weight is 259 g/mol. The third-order valence-corrected chi connectivity index (χ3v) is 2.87. The SMILES string of the molecule is CCC(C(=O)c1ccccc1)n1cc([N+](=O)[O-])cn1. The van der Waals surface area contributed by atoms with Crippen molar-refractivity contribution in [2.45, 2.75) is 19.4 Å². The van der Waals surface area contributed by atoms with Crippen LogP contribution >= 0.6 is 0 Å². The van der Waals surface area contributed by atoms with E-state index in [1.165, 1.54) is 10.9 Å². The van der Waals surface area contributed by atoms with Gasteiger partial charge in [-0.15, -0.1) is 0 Å². The van der Waals surface area contributed by atoms with Gasteiger partial charge in [0.15, 0.2) is 5.78 Å². The molecule has 0 aliphatic heterocycles. The molecule has 0 spiro atoms. The summed E-state index contributed by atoms with van der Waals surface area (Å²) in [7, 11) is 0. The summed E-state index contributed by atoms with van der Waals surface area (Å²) in [5.74, 6) is -0.0962. The highest BCUT2D eigenvalue weighted by atomic mass is 16.6. The number of aromatic nitrogens is 2. The summed E-state index contributed by atoms with van der Waals surface area (Å²) in [6.07, 6.45) is 2.96. The first-order chi connectivity index (χ1) is 9.13. The number of rotatable bonds is 5. The molecule has 1 heterocycles. The minimum absolute atomic E-state index is 0.0962. The second kappa shape index (κ2) is 5.43. The number of Topliss-reactive ketones (excluding diaryl/α,β-unsaturated/α-hetero) is 1. The van der Waals surface area contributed by atoms with Gasteiger partial charge >= 0.3 is 5.69 Å². The van der Waals surface area contributed by atoms with Crippen LogP contribution in [0.5, 0.6) is 0 Å². The molecule has 0 saturated carbocycles. The third kappa shape index (κ3) is 2.67. The van der Waals surface area contributed by atoms with Crippen LogP contribution in [-0.4, -0.2) is 20.5 Å². The van der Waals surface area contributed by atoms with Crippen LogP contribution in [0.4, 0.5) is 5.69 Å². The van der Waals surface area contributed by atoms with Crippen LogP contribution in [0.15, 0.2) is 42.7 Å². The van der Waals surface area contributed by atoms with Gasteiger partial charge in [0, 0.05) is 5.56 Å². The van der Waals surface area contributed by atoms with Crippen LogP contribution in [0.2, 0.25) is 0 Å². The van der Waals surface area contributed by atoms with Gasteiger partial charge in [-0.1, -0.05) is 37.3 Å². The van der Waals surface area contributed by atoms with E-state index in [2.05, 4.69) is 5.10 Å². The molecule has 0 aliphatic carbocycles. The molecular weight excluding hydrogens is 246 g/mol. The Labute approximate surface area is 109 Å². The second-order valence-electron chi connectivity index (χ2n) is 4.09. The minimum Gasteiger partial charge on any atom is -0.292 e. The van der Waals surface area contributed by atoms with E-state index in [1.54, 1.807) is 24.3 Å². The molecule has 19 heavy (non-hydrogen) atoms. The van der Waals surface area contributed by atoms with Gasteiger partial charge in [0.05, 0.1) is 4.92 Å². The molecule has 6 nitrogen and oxygen atoms in total. The van der Waals surface area contributed by atoms with E-state index >= 15 is 0 Å². The molecule has 0 aliphatic rings. The standard InChI is InChI=1S/C13H13N3O3/c1-2-12(13(17)10-6-4-3-5-7-10)15-9-11(8-14-15)16(18)19/h3-9,12H,2H2,1H3. The van der Waals surface area contributed by atoms with E-state index in [9.17, 15) is 14.9 Å². The van der Waals surface area contributed by atoms with Crippen molar-refractivity contribution in [3.63, 3.8) is 0 Å². The first-order valence-corrected chi connectivity index (χ1v) is 5.91. The number of ketones is 1. The lowest BCUT2D eigenvalue weighted by Gasteiger charge is -2.13. The molecule has 6 heteroatoms. The van der Waals surface area contributed by atoms with Gasteiger partial charge in [-0.3, -0.25) is 19.6 Å². The molecule has 0 amide bonds. The maximum atomic E-state index is 12.3. The van der Waals surface area contributed by atoms with Crippen LogP contribution in [-0.2, 0) is 0 Å². The average Bonchev–Trinajstić information content (AvgIpc) is 2.90. The van der Waals surface area contributed by atoms with Crippen LogP contribution in [0.1, 0.15) is 29.7 Å². The van der Waals surface area contributed by atoms with E-state index in [-0.39, 0.29) is 11.5 Å². The Morgan fingerprint density at radius 1 is 1.42 bits per heavy atom. The van der Waals surface area contributed by atoms with Crippen molar-refractivity contribution in [2.75, 3.05) is 0 Å². The molecule has 2 rings (SSSR count). The predicted molar refractivity (Wildman–Crippen MR) is 69.0 cm³/mol. The zero-order chi connectivity index (χ0) is 13.8. The van der Waals surface area contributed by atoms with Crippen LogP contribution in [0.25, 0.3) is 0 Å². The minimum atomic E-state index is -0.525. The number of benzene rings is 1. The highest BCUT2D eigenvalue weighted by molar-refractivity contribution is 5.98. The summed E-state index contributed by atoms with van der Waals surface area (Å²) in [6, 6.07) is 8.33. The van der Waals surface area contributed by atoms with E-state index in [1.807, 2.05) is 13.0 Å². The summed E-state index contributed by atoms with van der Waals surface area (Å²) in [5.41, 5.74) is 0.465. The van der Waals surface area contributed by atoms with Crippen molar-refractivity contribution < 1.29 is 9.72 Å². The first-order valence-electron chi connectivity index (χ1n) is 5.91. The van der Waals surface area contributed by atoms with E-state index in [0.29, 0.717) is 12.0 Å². The first kappa shape index (κ1) is 12.9. The molecule has 0 N–H and O–H groups in total. The summed E-state index contributed by atoms with van der Waals surface area (Å²) in [4.78, 5) is 22.4. The Morgan fingerprint density at radius 2 is 2.11 bits per heavy atom. The fraction of sp³-hybridized carbons (Fsp3) is 0.231. The quantitative estimate of drug-likeness (QED) is 0.469. The molecule has 0 saturated heterocycles. The maximum absolute atomic E-state index is 12.3. The zero-order valence-electron chi connectivity index (χ0n) is 10.4. The molecule has 0 bridgehead atoms. The Balaban J connectivity index is 2.29.